The van der Waals surface area contributed by atoms with E-state index in [0.29, 0.717) is 0 Å². The van der Waals surface area contributed by atoms with Gasteiger partial charge in [0.05, 0.1) is 7.11 Å². The molecule has 1 atom stereocenters. The number of carbonyl (C=O) groups excluding carboxylic acids is 1. The molecule has 0 aliphatic carbocycles. The van der Waals surface area contributed by atoms with Crippen LogP contribution in [-0.2, 0) is 4.79 Å². The first-order chi connectivity index (χ1) is 12.3. The second-order valence-corrected chi connectivity index (χ2v) is 6.44. The van der Waals surface area contributed by atoms with Gasteiger partial charge in [-0.3, -0.25) is 4.79 Å². The number of quaternary nitrogens is 1. The van der Waals surface area contributed by atoms with E-state index in [1.54, 1.807) is 7.11 Å². The molecular weight excluding hydrogens is 328 g/mol. The van der Waals surface area contributed by atoms with Crippen molar-refractivity contribution in [2.45, 2.75) is 26.8 Å². The van der Waals surface area contributed by atoms with E-state index in [4.69, 9.17) is 9.84 Å². The molecule has 0 bridgehead atoms. The maximum Gasteiger partial charge on any atom is 0.284 e. The molecule has 0 radical (unpaired) electrons. The largest absolute Gasteiger partial charge is 0.496 e. The molecule has 0 heterocycles. The van der Waals surface area contributed by atoms with Crippen molar-refractivity contribution in [2.24, 2.45) is 0 Å². The molecular formula is C21H27N2O3+. The minimum atomic E-state index is -0.684. The number of nitrogens with one attached hydrogen (secondary N) is 1. The average molecular weight is 355 g/mol. The van der Waals surface area contributed by atoms with Crippen molar-refractivity contribution in [3.8, 4) is 5.75 Å². The lowest BCUT2D eigenvalue weighted by atomic mass is 10.0. The van der Waals surface area contributed by atoms with Crippen molar-refractivity contribution in [3.63, 3.8) is 0 Å². The van der Waals surface area contributed by atoms with Gasteiger partial charge in [-0.15, -0.1) is 0 Å². The molecule has 2 aromatic carbocycles. The quantitative estimate of drug-likeness (QED) is 0.695. The Balaban J connectivity index is 2.25. The van der Waals surface area contributed by atoms with E-state index in [-0.39, 0.29) is 12.5 Å². The normalized spacial score (nSPS) is 12.2. The first-order valence-corrected chi connectivity index (χ1v) is 8.54. The first-order valence-electron chi connectivity index (χ1n) is 8.54. The summed E-state index contributed by atoms with van der Waals surface area (Å²) in [6.45, 7) is 5.75. The number of aryl methyl sites for hydroxylation is 2. The van der Waals surface area contributed by atoms with E-state index < -0.39 is 6.04 Å². The maximum atomic E-state index is 12.0. The van der Waals surface area contributed by atoms with Crippen LogP contribution in [0.15, 0.2) is 30.3 Å². The molecule has 2 rings (SSSR count). The summed E-state index contributed by atoms with van der Waals surface area (Å²) in [7, 11) is 1.67. The molecule has 0 aromatic heterocycles. The Hall–Kier alpha value is -2.63. The third-order valence-corrected chi connectivity index (χ3v) is 4.44. The van der Waals surface area contributed by atoms with E-state index in [0.717, 1.165) is 33.7 Å². The highest BCUT2D eigenvalue weighted by Gasteiger charge is 2.16. The molecule has 26 heavy (non-hydrogen) atoms. The number of benzene rings is 2. The Morgan fingerprint density at radius 3 is 2.50 bits per heavy atom. The molecule has 0 fully saturated rings. The van der Waals surface area contributed by atoms with E-state index in [1.165, 1.54) is 5.56 Å². The third kappa shape index (κ3) is 4.71. The Kier molecular flexibility index (Phi) is 6.55. The van der Waals surface area contributed by atoms with Gasteiger partial charge in [0.1, 0.15) is 12.4 Å². The number of hydrogen-bond acceptors (Lipinski definition) is 3. The molecule has 138 valence electrons. The summed E-state index contributed by atoms with van der Waals surface area (Å²) in [5.41, 5.74) is 9.62. The van der Waals surface area contributed by atoms with Gasteiger partial charge in [0.25, 0.3) is 5.91 Å². The summed E-state index contributed by atoms with van der Waals surface area (Å²) in [5.74, 6) is 0.572. The van der Waals surface area contributed by atoms with Gasteiger partial charge in [0, 0.05) is 5.69 Å². The molecule has 5 nitrogen and oxygen atoms in total. The lowest BCUT2D eigenvalue weighted by molar-refractivity contribution is -0.407. The zero-order valence-corrected chi connectivity index (χ0v) is 15.8. The summed E-state index contributed by atoms with van der Waals surface area (Å²) < 4.78 is 5.42. The molecule has 0 saturated heterocycles. The Labute approximate surface area is 154 Å². The maximum absolute atomic E-state index is 12.0. The second kappa shape index (κ2) is 8.65. The minimum Gasteiger partial charge on any atom is -0.496 e. The number of amides is 1. The number of hydrogen-bond donors (Lipinski definition) is 3. The van der Waals surface area contributed by atoms with Crippen LogP contribution in [0.2, 0.25) is 0 Å². The van der Waals surface area contributed by atoms with Crippen LogP contribution < -0.4 is 15.8 Å². The Bertz CT molecular complexity index is 828. The third-order valence-electron chi connectivity index (χ3n) is 4.44. The van der Waals surface area contributed by atoms with Crippen LogP contribution in [0.3, 0.4) is 0 Å². The van der Waals surface area contributed by atoms with E-state index >= 15 is 0 Å². The Morgan fingerprint density at radius 1 is 1.15 bits per heavy atom. The van der Waals surface area contributed by atoms with Gasteiger partial charge in [-0.1, -0.05) is 30.4 Å². The van der Waals surface area contributed by atoms with Crippen LogP contribution in [0, 0.1) is 20.8 Å². The molecule has 0 aliphatic rings. The van der Waals surface area contributed by atoms with Gasteiger partial charge in [0.15, 0.2) is 6.04 Å². The highest BCUT2D eigenvalue weighted by Crippen LogP contribution is 2.25. The summed E-state index contributed by atoms with van der Waals surface area (Å²) in [6, 6.07) is 9.29. The molecule has 2 aromatic rings. The minimum absolute atomic E-state index is 0.279. The predicted octanol–water partition coefficient (Wildman–Crippen LogP) is 2.33. The average Bonchev–Trinajstić information content (AvgIpc) is 2.63. The standard InChI is InChI=1S/C21H26N2O3/c1-13-5-6-16(10-19(13)23-21(25)18(22)12-24)7-8-17-9-14(2)15(3)20(11-17)26-4/h5-11,18,24H,12,22H2,1-4H3,(H,23,25)/p+1/b8-7-/t18-/m0/s1. The summed E-state index contributed by atoms with van der Waals surface area (Å²) in [6.07, 6.45) is 4.01. The second-order valence-electron chi connectivity index (χ2n) is 6.44. The fourth-order valence-electron chi connectivity index (χ4n) is 2.55. The number of anilines is 1. The van der Waals surface area contributed by atoms with Crippen LogP contribution >= 0.6 is 0 Å². The smallest absolute Gasteiger partial charge is 0.284 e. The first kappa shape index (κ1) is 19.7. The fraction of sp³-hybridized carbons (Fsp3) is 0.286. The summed E-state index contributed by atoms with van der Waals surface area (Å²) in [5, 5.41) is 11.9. The number of aliphatic hydroxyl groups is 1. The highest BCUT2D eigenvalue weighted by atomic mass is 16.5. The van der Waals surface area contributed by atoms with Crippen molar-refractivity contribution >= 4 is 23.7 Å². The highest BCUT2D eigenvalue weighted by molar-refractivity contribution is 5.94. The number of methoxy groups -OCH3 is 1. The van der Waals surface area contributed by atoms with Gasteiger partial charge in [-0.05, 0) is 60.7 Å². The lowest BCUT2D eigenvalue weighted by Gasteiger charge is -2.11. The van der Waals surface area contributed by atoms with Gasteiger partial charge >= 0.3 is 0 Å². The van der Waals surface area contributed by atoms with Gasteiger partial charge < -0.3 is 20.9 Å². The van der Waals surface area contributed by atoms with Crippen molar-refractivity contribution in [3.05, 3.63) is 58.1 Å². The van der Waals surface area contributed by atoms with Crippen molar-refractivity contribution in [1.29, 1.82) is 0 Å². The molecule has 0 unspecified atom stereocenters. The van der Waals surface area contributed by atoms with Gasteiger partial charge in [0.2, 0.25) is 0 Å². The predicted molar refractivity (Wildman–Crippen MR) is 105 cm³/mol. The van der Waals surface area contributed by atoms with E-state index in [2.05, 4.69) is 24.0 Å². The van der Waals surface area contributed by atoms with Crippen LogP contribution in [0.1, 0.15) is 27.8 Å². The molecule has 0 aliphatic heterocycles. The molecule has 5 heteroatoms. The lowest BCUT2D eigenvalue weighted by Crippen LogP contribution is -2.68. The molecule has 0 saturated carbocycles. The van der Waals surface area contributed by atoms with E-state index in [9.17, 15) is 4.79 Å². The van der Waals surface area contributed by atoms with Crippen LogP contribution in [0.4, 0.5) is 5.69 Å². The van der Waals surface area contributed by atoms with Crippen molar-refractivity contribution in [2.75, 3.05) is 19.0 Å². The van der Waals surface area contributed by atoms with Crippen molar-refractivity contribution < 1.29 is 20.4 Å². The SMILES string of the molecule is COc1cc(/C=C\c2ccc(C)c(NC(=O)[C@@H]([NH3+])CO)c2)cc(C)c1C. The van der Waals surface area contributed by atoms with Gasteiger partial charge in [-0.25, -0.2) is 0 Å². The number of ether oxygens (including phenoxy) is 1. The van der Waals surface area contributed by atoms with Crippen molar-refractivity contribution in [1.82, 2.24) is 0 Å². The van der Waals surface area contributed by atoms with Crippen LogP contribution in [-0.4, -0.2) is 30.8 Å². The fourth-order valence-corrected chi connectivity index (χ4v) is 2.55. The monoisotopic (exact) mass is 355 g/mol. The number of aliphatic hydroxyl groups excluding tert-OH is 1. The Morgan fingerprint density at radius 2 is 1.85 bits per heavy atom. The molecule has 5 N–H and O–H groups in total. The molecule has 1 amide bonds. The summed E-state index contributed by atoms with van der Waals surface area (Å²) >= 11 is 0. The van der Waals surface area contributed by atoms with E-state index in [1.807, 2.05) is 50.3 Å². The zero-order chi connectivity index (χ0) is 19.3. The zero-order valence-electron chi connectivity index (χ0n) is 15.8. The van der Waals surface area contributed by atoms with Crippen LogP contribution in [0.5, 0.6) is 5.75 Å². The van der Waals surface area contributed by atoms with Crippen LogP contribution in [0.25, 0.3) is 12.2 Å². The van der Waals surface area contributed by atoms with Gasteiger partial charge in [-0.2, -0.15) is 0 Å². The number of carbonyl (C=O) groups is 1. The number of rotatable bonds is 6. The molecule has 0 spiro atoms. The summed E-state index contributed by atoms with van der Waals surface area (Å²) in [4.78, 5) is 12.0. The topological polar surface area (TPSA) is 86.2 Å².